The minimum absolute atomic E-state index is 0.0874. The van der Waals surface area contributed by atoms with Crippen LogP contribution in [0, 0.1) is 0 Å². The van der Waals surface area contributed by atoms with Crippen molar-refractivity contribution in [1.29, 1.82) is 0 Å². The van der Waals surface area contributed by atoms with Gasteiger partial charge in [-0.15, -0.1) is 0 Å². The molecular weight excluding hydrogens is 258 g/mol. The van der Waals surface area contributed by atoms with E-state index in [1.54, 1.807) is 18.2 Å². The summed E-state index contributed by atoms with van der Waals surface area (Å²) in [6, 6.07) is 5.10. The van der Waals surface area contributed by atoms with Crippen molar-refractivity contribution in [3.05, 3.63) is 39.0 Å². The number of piperidine rings is 1. The second kappa shape index (κ2) is 5.13. The van der Waals surface area contributed by atoms with Gasteiger partial charge in [-0.2, -0.15) is 0 Å². The van der Waals surface area contributed by atoms with Crippen LogP contribution in [0.25, 0.3) is 10.9 Å². The van der Waals surface area contributed by atoms with Crippen LogP contribution in [0.1, 0.15) is 18.9 Å². The molecule has 1 fully saturated rings. The van der Waals surface area contributed by atoms with Gasteiger partial charge in [-0.05, 0) is 31.5 Å². The molecule has 1 saturated heterocycles. The number of rotatable bonds is 2. The van der Waals surface area contributed by atoms with E-state index in [1.165, 1.54) is 11.7 Å². The molecule has 1 aromatic heterocycles. The average molecular weight is 275 g/mol. The predicted molar refractivity (Wildman–Crippen MR) is 76.5 cm³/mol. The number of nitrogens with zero attached hydrogens (tertiary/aromatic N) is 1. The Hall–Kier alpha value is -2.08. The Bertz CT molecular complexity index is 741. The molecule has 6 heteroatoms. The van der Waals surface area contributed by atoms with E-state index in [0.29, 0.717) is 23.2 Å². The molecule has 1 unspecified atom stereocenters. The quantitative estimate of drug-likeness (QED) is 0.842. The van der Waals surface area contributed by atoms with Crippen LogP contribution >= 0.6 is 0 Å². The lowest BCUT2D eigenvalue weighted by molar-refractivity contribution is 0.355. The minimum atomic E-state index is -0.374. The van der Waals surface area contributed by atoms with Gasteiger partial charge in [-0.3, -0.25) is 9.36 Å². The number of H-pyrrole nitrogens is 1. The molecule has 0 radical (unpaired) electrons. The maximum Gasteiger partial charge on any atom is 0.329 e. The molecule has 20 heavy (non-hydrogen) atoms. The van der Waals surface area contributed by atoms with E-state index < -0.39 is 0 Å². The molecule has 1 aromatic carbocycles. The third-order valence-electron chi connectivity index (χ3n) is 3.78. The number of nitrogens with one attached hydrogen (secondary N) is 2. The van der Waals surface area contributed by atoms with Crippen LogP contribution in [0.2, 0.25) is 0 Å². The predicted octanol–water partition coefficient (Wildman–Crippen LogP) is 0.623. The fraction of sp³-hybridized carbons (Fsp3) is 0.429. The highest BCUT2D eigenvalue weighted by Gasteiger charge is 2.20. The van der Waals surface area contributed by atoms with E-state index in [1.807, 2.05) is 0 Å². The third kappa shape index (κ3) is 2.02. The molecule has 1 aliphatic rings. The summed E-state index contributed by atoms with van der Waals surface area (Å²) in [7, 11) is 1.52. The highest BCUT2D eigenvalue weighted by atomic mass is 16.5. The molecule has 1 aliphatic heterocycles. The zero-order valence-electron chi connectivity index (χ0n) is 11.3. The van der Waals surface area contributed by atoms with Crippen molar-refractivity contribution in [1.82, 2.24) is 14.9 Å². The molecule has 0 aliphatic carbocycles. The van der Waals surface area contributed by atoms with E-state index in [0.717, 1.165) is 19.4 Å². The lowest BCUT2D eigenvalue weighted by atomic mass is 10.1. The number of aromatic amines is 1. The monoisotopic (exact) mass is 275 g/mol. The molecule has 0 amide bonds. The van der Waals surface area contributed by atoms with Gasteiger partial charge in [0.15, 0.2) is 0 Å². The van der Waals surface area contributed by atoms with Gasteiger partial charge in [0.25, 0.3) is 5.56 Å². The summed E-state index contributed by atoms with van der Waals surface area (Å²) in [4.78, 5) is 27.6. The van der Waals surface area contributed by atoms with Crippen molar-refractivity contribution >= 4 is 10.9 Å². The topological polar surface area (TPSA) is 76.1 Å². The van der Waals surface area contributed by atoms with E-state index in [-0.39, 0.29) is 17.3 Å². The van der Waals surface area contributed by atoms with Gasteiger partial charge < -0.3 is 15.0 Å². The highest BCUT2D eigenvalue weighted by Crippen LogP contribution is 2.20. The minimum Gasteiger partial charge on any atom is -0.495 e. The van der Waals surface area contributed by atoms with Crippen LogP contribution in [0.15, 0.2) is 27.8 Å². The largest absolute Gasteiger partial charge is 0.495 e. The number of hydrogen-bond acceptors (Lipinski definition) is 4. The first-order chi connectivity index (χ1) is 9.72. The fourth-order valence-electron chi connectivity index (χ4n) is 2.78. The molecule has 2 heterocycles. The van der Waals surface area contributed by atoms with E-state index in [9.17, 15) is 9.59 Å². The van der Waals surface area contributed by atoms with Crippen molar-refractivity contribution in [2.45, 2.75) is 18.9 Å². The van der Waals surface area contributed by atoms with Crippen molar-refractivity contribution in [3.63, 3.8) is 0 Å². The summed E-state index contributed by atoms with van der Waals surface area (Å²) >= 11 is 0. The summed E-state index contributed by atoms with van der Waals surface area (Å²) < 4.78 is 6.52. The summed E-state index contributed by atoms with van der Waals surface area (Å²) in [5.74, 6) is 0.505. The molecular formula is C14H17N3O3. The van der Waals surface area contributed by atoms with Crippen molar-refractivity contribution in [2.24, 2.45) is 0 Å². The van der Waals surface area contributed by atoms with Gasteiger partial charge in [-0.25, -0.2) is 4.79 Å². The first-order valence-electron chi connectivity index (χ1n) is 6.74. The molecule has 0 saturated carbocycles. The van der Waals surface area contributed by atoms with Gasteiger partial charge in [-0.1, -0.05) is 6.07 Å². The zero-order chi connectivity index (χ0) is 14.1. The maximum atomic E-state index is 12.6. The summed E-state index contributed by atoms with van der Waals surface area (Å²) in [6.07, 6.45) is 1.80. The Morgan fingerprint density at radius 3 is 2.90 bits per heavy atom. The number of methoxy groups -OCH3 is 1. The van der Waals surface area contributed by atoms with Gasteiger partial charge in [0.1, 0.15) is 5.75 Å². The Kier molecular flexibility index (Phi) is 3.31. The first kappa shape index (κ1) is 12.9. The Morgan fingerprint density at radius 1 is 1.35 bits per heavy atom. The SMILES string of the molecule is COc1cccc2c(=O)n(C3CCCNC3)c(=O)[nH]c12. The van der Waals surface area contributed by atoms with Crippen LogP contribution < -0.4 is 21.3 Å². The Balaban J connectivity index is 2.24. The molecule has 2 N–H and O–H groups in total. The van der Waals surface area contributed by atoms with Gasteiger partial charge in [0.05, 0.1) is 24.1 Å². The Labute approximate surface area is 115 Å². The lowest BCUT2D eigenvalue weighted by Gasteiger charge is -2.24. The number of hydrogen-bond donors (Lipinski definition) is 2. The summed E-state index contributed by atoms with van der Waals surface area (Å²) in [5.41, 5.74) is -0.165. The first-order valence-corrected chi connectivity index (χ1v) is 6.74. The lowest BCUT2D eigenvalue weighted by Crippen LogP contribution is -2.43. The second-order valence-corrected chi connectivity index (χ2v) is 4.99. The smallest absolute Gasteiger partial charge is 0.329 e. The van der Waals surface area contributed by atoms with Crippen LogP contribution in [0.5, 0.6) is 5.75 Å². The fourth-order valence-corrected chi connectivity index (χ4v) is 2.78. The third-order valence-corrected chi connectivity index (χ3v) is 3.78. The molecule has 2 aromatic rings. The highest BCUT2D eigenvalue weighted by molar-refractivity contribution is 5.83. The van der Waals surface area contributed by atoms with Gasteiger partial charge in [0.2, 0.25) is 0 Å². The standard InChI is InChI=1S/C14H17N3O3/c1-20-11-6-2-5-10-12(11)16-14(19)17(13(10)18)9-4-3-7-15-8-9/h2,5-6,9,15H,3-4,7-8H2,1H3,(H,16,19). The number of aromatic nitrogens is 2. The number of ether oxygens (including phenoxy) is 1. The summed E-state index contributed by atoms with van der Waals surface area (Å²) in [6.45, 7) is 1.59. The zero-order valence-corrected chi connectivity index (χ0v) is 11.3. The normalized spacial score (nSPS) is 19.1. The van der Waals surface area contributed by atoms with Gasteiger partial charge >= 0.3 is 5.69 Å². The van der Waals surface area contributed by atoms with Crippen LogP contribution in [-0.2, 0) is 0 Å². The molecule has 0 bridgehead atoms. The Morgan fingerprint density at radius 2 is 2.20 bits per heavy atom. The van der Waals surface area contributed by atoms with Crippen LogP contribution in [-0.4, -0.2) is 29.8 Å². The van der Waals surface area contributed by atoms with E-state index >= 15 is 0 Å². The van der Waals surface area contributed by atoms with Crippen molar-refractivity contribution < 1.29 is 4.74 Å². The molecule has 3 rings (SSSR count). The molecule has 1 atom stereocenters. The average Bonchev–Trinajstić information content (AvgIpc) is 2.48. The second-order valence-electron chi connectivity index (χ2n) is 4.99. The van der Waals surface area contributed by atoms with Crippen molar-refractivity contribution in [2.75, 3.05) is 20.2 Å². The molecule has 106 valence electrons. The van der Waals surface area contributed by atoms with E-state index in [4.69, 9.17) is 4.74 Å². The van der Waals surface area contributed by atoms with Gasteiger partial charge in [0, 0.05) is 6.54 Å². The molecule has 6 nitrogen and oxygen atoms in total. The number of benzene rings is 1. The van der Waals surface area contributed by atoms with E-state index in [2.05, 4.69) is 10.3 Å². The maximum absolute atomic E-state index is 12.6. The van der Waals surface area contributed by atoms with Crippen LogP contribution in [0.4, 0.5) is 0 Å². The summed E-state index contributed by atoms with van der Waals surface area (Å²) in [5, 5.41) is 3.70. The number of para-hydroxylation sites is 1. The number of fused-ring (bicyclic) bond motifs is 1. The van der Waals surface area contributed by atoms with Crippen LogP contribution in [0.3, 0.4) is 0 Å². The molecule has 0 spiro atoms. The van der Waals surface area contributed by atoms with Crippen molar-refractivity contribution in [3.8, 4) is 5.75 Å².